The Hall–Kier alpha value is -4.98. The van der Waals surface area contributed by atoms with Gasteiger partial charge in [0.2, 0.25) is 0 Å². The highest BCUT2D eigenvalue weighted by molar-refractivity contribution is 7.07. The Balaban J connectivity index is 1.32. The van der Waals surface area contributed by atoms with E-state index in [4.69, 9.17) is 41.2 Å². The molecule has 2 N–H and O–H groups in total. The number of hydrogen-bond donors (Lipinski definition) is 2. The van der Waals surface area contributed by atoms with E-state index in [1.165, 1.54) is 0 Å². The zero-order chi connectivity index (χ0) is 46.1. The van der Waals surface area contributed by atoms with Gasteiger partial charge in [0.15, 0.2) is 0 Å². The van der Waals surface area contributed by atoms with Gasteiger partial charge in [0, 0.05) is 31.1 Å². The molecule has 0 amide bonds. The van der Waals surface area contributed by atoms with E-state index in [1.807, 2.05) is 194 Å². The molecule has 4 unspecified atom stereocenters. The quantitative estimate of drug-likeness (QED) is 0.216. The fourth-order valence-electron chi connectivity index (χ4n) is 8.10. The molecule has 0 aliphatic carbocycles. The lowest BCUT2D eigenvalue weighted by Crippen LogP contribution is -2.86. The average Bonchev–Trinajstić information content (AvgIpc) is 3.39. The first-order valence-electron chi connectivity index (χ1n) is 21.8. The van der Waals surface area contributed by atoms with Gasteiger partial charge >= 0.3 is 52.8 Å². The minimum atomic E-state index is -5.00. The monoisotopic (exact) mass is 1030 g/mol. The minimum absolute atomic E-state index is 0.316. The zero-order valence-corrected chi connectivity index (χ0v) is 44.1. The molecular formula is C48H42O12Si8-2. The Morgan fingerprint density at radius 2 is 0.426 bits per heavy atom. The van der Waals surface area contributed by atoms with Crippen molar-refractivity contribution in [2.75, 3.05) is 0 Å². The van der Waals surface area contributed by atoms with Crippen molar-refractivity contribution in [1.29, 1.82) is 0 Å². The molecule has 12 nitrogen and oxygen atoms in total. The highest BCUT2D eigenvalue weighted by atomic mass is 28.6. The Labute approximate surface area is 403 Å². The molecular weight excluding hydrogens is 993 g/mol. The van der Waals surface area contributed by atoms with Crippen LogP contribution in [0.25, 0.3) is 0 Å². The predicted octanol–water partition coefficient (Wildman–Crippen LogP) is 2.05. The molecule has 4 aliphatic heterocycles. The van der Waals surface area contributed by atoms with E-state index in [1.54, 1.807) is 48.5 Å². The smallest absolute Gasteiger partial charge is 0.520 e. The second-order valence-corrected chi connectivity index (χ2v) is 36.6. The second kappa shape index (κ2) is 18.7. The number of rotatable bonds is 8. The van der Waals surface area contributed by atoms with Gasteiger partial charge in [-0.25, -0.2) is 0 Å². The highest BCUT2D eigenvalue weighted by Crippen LogP contribution is 2.37. The topological polar surface area (TPSA) is 133 Å². The fraction of sp³-hybridized carbons (Fsp3) is 0. The summed E-state index contributed by atoms with van der Waals surface area (Å²) in [5.41, 5.74) is 0. The maximum Gasteiger partial charge on any atom is 0.520 e. The van der Waals surface area contributed by atoms with E-state index in [0.29, 0.717) is 41.5 Å². The lowest BCUT2D eigenvalue weighted by Gasteiger charge is -2.60. The molecule has 4 fully saturated rings. The maximum atomic E-state index is 13.9. The molecule has 8 aromatic rings. The molecule has 0 radical (unpaired) electrons. The number of benzene rings is 8. The Morgan fingerprint density at radius 1 is 0.235 bits per heavy atom. The van der Waals surface area contributed by atoms with Crippen LogP contribution in [0.4, 0.5) is 0 Å². The van der Waals surface area contributed by atoms with E-state index in [2.05, 4.69) is 0 Å². The molecule has 0 spiro atoms. The molecule has 4 atom stereocenters. The van der Waals surface area contributed by atoms with E-state index in [0.717, 1.165) is 0 Å². The van der Waals surface area contributed by atoms with Crippen molar-refractivity contribution in [1.82, 2.24) is 0 Å². The van der Waals surface area contributed by atoms with E-state index < -0.39 is 71.4 Å². The van der Waals surface area contributed by atoms with Crippen molar-refractivity contribution in [3.05, 3.63) is 243 Å². The lowest BCUT2D eigenvalue weighted by molar-refractivity contribution is 0.0729. The van der Waals surface area contributed by atoms with E-state index >= 15 is 0 Å². The predicted molar refractivity (Wildman–Crippen MR) is 270 cm³/mol. The molecule has 340 valence electrons. The van der Waals surface area contributed by atoms with E-state index in [-0.39, 0.29) is 0 Å². The van der Waals surface area contributed by atoms with Crippen molar-refractivity contribution < 1.29 is 50.7 Å². The summed E-state index contributed by atoms with van der Waals surface area (Å²) in [7, 11) is -35.4. The van der Waals surface area contributed by atoms with Crippen molar-refractivity contribution in [2.45, 2.75) is 0 Å². The van der Waals surface area contributed by atoms with Gasteiger partial charge in [0.25, 0.3) is 0 Å². The summed E-state index contributed by atoms with van der Waals surface area (Å²) in [5.74, 6) is 0. The van der Waals surface area contributed by atoms with Gasteiger partial charge in [0.05, 0.1) is 0 Å². The number of hydrogen-bond acceptors (Lipinski definition) is 12. The van der Waals surface area contributed by atoms with Crippen LogP contribution in [0.5, 0.6) is 0 Å². The SMILES string of the molecule is O[Si]1(c2ccccc2)O[Si]2(c3ccccc3)O[Si-](c3ccccc3)O[Si](c3ccccc3)(O1)O[Si]1(c3ccccc3)O[Si-](c3ccccc3)O[Si](c3ccccc3)(O[Si](O)(c3ccccc3)O1)O2. The first-order valence-corrected chi connectivity index (χ1v) is 34.9. The standard InChI is InChI=1S/C48H42O12Si8/c49-63(43-29-13-3-14-30-43)55-65(45-33-17-5-18-34-45)51-61(41-25-9-1-10-26-41)52-66(56-63,46-35-19-6-20-36-46)60-68(48-39-23-8-24-40-48)54-62(42-27-11-2-12-28-42)53-67(59-65,47-37-21-7-22-38-47)57-64(50,58-68)44-31-15-4-16-32-44/h1-40,49-50H/q-2. The molecule has 4 saturated heterocycles. The molecule has 68 heavy (non-hydrogen) atoms. The van der Waals surface area contributed by atoms with Gasteiger partial charge in [-0.1, -0.05) is 243 Å². The van der Waals surface area contributed by atoms with Gasteiger partial charge in [-0.15, -0.1) is 10.4 Å². The van der Waals surface area contributed by atoms with Gasteiger partial charge in [0.1, 0.15) is 0 Å². The van der Waals surface area contributed by atoms with E-state index in [9.17, 15) is 9.59 Å². The van der Waals surface area contributed by atoms with Gasteiger partial charge in [-0.2, -0.15) is 0 Å². The van der Waals surface area contributed by atoms with Gasteiger partial charge in [-0.05, 0) is 18.6 Å². The molecule has 12 rings (SSSR count). The van der Waals surface area contributed by atoms with Crippen LogP contribution in [0.2, 0.25) is 0 Å². The fourth-order valence-corrected chi connectivity index (χ4v) is 43.3. The van der Waals surface area contributed by atoms with Crippen LogP contribution in [0.15, 0.2) is 243 Å². The van der Waals surface area contributed by atoms with Crippen LogP contribution in [-0.4, -0.2) is 81.0 Å². The Bertz CT molecular complexity index is 2620. The summed E-state index contributed by atoms with van der Waals surface area (Å²) < 4.78 is 76.7. The summed E-state index contributed by atoms with van der Waals surface area (Å²) >= 11 is 0. The average molecular weight is 1040 g/mol. The Kier molecular flexibility index (Phi) is 12.5. The second-order valence-electron chi connectivity index (χ2n) is 15.9. The van der Waals surface area contributed by atoms with Crippen LogP contribution in [0.3, 0.4) is 0 Å². The Morgan fingerprint density at radius 3 is 0.647 bits per heavy atom. The van der Waals surface area contributed by atoms with Gasteiger partial charge in [-0.3, -0.25) is 0 Å². The summed E-state index contributed by atoms with van der Waals surface area (Å²) in [6, 6.07) is 73.6. The molecule has 4 bridgehead atoms. The van der Waals surface area contributed by atoms with Crippen molar-refractivity contribution in [2.24, 2.45) is 0 Å². The first kappa shape index (κ1) is 45.5. The highest BCUT2D eigenvalue weighted by Gasteiger charge is 2.71. The lowest BCUT2D eigenvalue weighted by atomic mass is 10.4. The van der Waals surface area contributed by atoms with Gasteiger partial charge < -0.3 is 50.7 Å². The van der Waals surface area contributed by atoms with Crippen molar-refractivity contribution >= 4 is 113 Å². The largest absolute Gasteiger partial charge is 0.541 e. The zero-order valence-electron chi connectivity index (χ0n) is 36.1. The summed E-state index contributed by atoms with van der Waals surface area (Å²) in [4.78, 5) is 27.8. The summed E-state index contributed by atoms with van der Waals surface area (Å²) in [5, 5.41) is 3.69. The van der Waals surface area contributed by atoms with Crippen LogP contribution >= 0.6 is 0 Å². The van der Waals surface area contributed by atoms with Crippen LogP contribution in [0, 0.1) is 0 Å². The van der Waals surface area contributed by atoms with Crippen molar-refractivity contribution in [3.8, 4) is 0 Å². The van der Waals surface area contributed by atoms with Crippen LogP contribution < -0.4 is 41.5 Å². The molecule has 0 aromatic heterocycles. The normalized spacial score (nSPS) is 28.4. The maximum absolute atomic E-state index is 13.9. The van der Waals surface area contributed by atoms with Crippen LogP contribution in [0.1, 0.15) is 0 Å². The molecule has 4 heterocycles. The third kappa shape index (κ3) is 8.69. The molecule has 0 saturated carbocycles. The number of fused-ring (bicyclic) bond motifs is 4. The third-order valence-electron chi connectivity index (χ3n) is 11.3. The summed E-state index contributed by atoms with van der Waals surface area (Å²) in [6.07, 6.45) is 0. The van der Waals surface area contributed by atoms with Crippen molar-refractivity contribution in [3.63, 3.8) is 0 Å². The minimum Gasteiger partial charge on any atom is -0.541 e. The molecule has 20 heteroatoms. The third-order valence-corrected chi connectivity index (χ3v) is 39.5. The molecule has 4 aliphatic rings. The summed E-state index contributed by atoms with van der Waals surface area (Å²) in [6.45, 7) is 0. The first-order chi connectivity index (χ1) is 33.2. The molecule has 8 aromatic carbocycles. The van der Waals surface area contributed by atoms with Crippen LogP contribution in [-0.2, 0) is 41.2 Å².